The minimum absolute atomic E-state index is 1.18. The van der Waals surface area contributed by atoms with E-state index in [2.05, 4.69) is 156 Å². The maximum atomic E-state index is 2.43. The molecule has 0 unspecified atom stereocenters. The van der Waals surface area contributed by atoms with Crippen molar-refractivity contribution in [2.24, 2.45) is 0 Å². The van der Waals surface area contributed by atoms with E-state index in [1.165, 1.54) is 91.1 Å². The molecule has 8 aromatic carbocycles. The van der Waals surface area contributed by atoms with Gasteiger partial charge in [0.2, 0.25) is 0 Å². The fraction of sp³-hybridized carbons (Fsp3) is 0. The number of para-hydroxylation sites is 1. The first-order valence-electron chi connectivity index (χ1n) is 15.1. The van der Waals surface area contributed by atoms with Crippen molar-refractivity contribution in [3.8, 4) is 16.8 Å². The van der Waals surface area contributed by atoms with Gasteiger partial charge in [0, 0.05) is 36.6 Å². The highest BCUT2D eigenvalue weighted by Gasteiger charge is 2.17. The van der Waals surface area contributed by atoms with Gasteiger partial charge in [-0.2, -0.15) is 0 Å². The van der Waals surface area contributed by atoms with Crippen LogP contribution in [-0.4, -0.2) is 4.57 Å². The number of hydrogen-bond donors (Lipinski definition) is 0. The van der Waals surface area contributed by atoms with E-state index in [0.29, 0.717) is 0 Å². The molecule has 0 aliphatic carbocycles. The lowest BCUT2D eigenvalue weighted by Gasteiger charge is -2.13. The van der Waals surface area contributed by atoms with Gasteiger partial charge in [0.15, 0.2) is 0 Å². The molecule has 0 saturated carbocycles. The lowest BCUT2D eigenvalue weighted by Crippen LogP contribution is -1.93. The summed E-state index contributed by atoms with van der Waals surface area (Å²) < 4.78 is 5.14. The first-order valence-corrected chi connectivity index (χ1v) is 15.9. The molecule has 0 atom stereocenters. The Balaban J connectivity index is 1.16. The van der Waals surface area contributed by atoms with Crippen LogP contribution in [-0.2, 0) is 0 Å². The predicted octanol–water partition coefficient (Wildman–Crippen LogP) is 12.3. The highest BCUT2D eigenvalue weighted by atomic mass is 32.1. The zero-order valence-electron chi connectivity index (χ0n) is 23.8. The summed E-state index contributed by atoms with van der Waals surface area (Å²) in [7, 11) is 0. The number of hydrogen-bond acceptors (Lipinski definition) is 1. The number of rotatable bonds is 2. The Hall–Kier alpha value is -5.44. The molecule has 0 radical (unpaired) electrons. The van der Waals surface area contributed by atoms with Crippen LogP contribution in [0.3, 0.4) is 0 Å². The summed E-state index contributed by atoms with van der Waals surface area (Å²) in [4.78, 5) is 0. The molecule has 1 nitrogen and oxygen atoms in total. The molecule has 0 saturated heterocycles. The Morgan fingerprint density at radius 1 is 0.364 bits per heavy atom. The molecule has 0 amide bonds. The smallest absolute Gasteiger partial charge is 0.0555 e. The second kappa shape index (κ2) is 9.03. The van der Waals surface area contributed by atoms with Gasteiger partial charge < -0.3 is 4.57 Å². The van der Waals surface area contributed by atoms with E-state index in [0.717, 1.165) is 0 Å². The molecule has 0 spiro atoms. The SMILES string of the molecule is c1ccc2c(c1)sc1c2ccc2c1c1ccccc1n2-c1ccc(-c2ccc3c4ccccc4c4ccccc4c3c2)cc1. The molecule has 2 heteroatoms. The molecule has 0 fully saturated rings. The van der Waals surface area contributed by atoms with Crippen molar-refractivity contribution in [1.29, 1.82) is 0 Å². The van der Waals surface area contributed by atoms with Crippen LogP contribution in [0.5, 0.6) is 0 Å². The van der Waals surface area contributed by atoms with Gasteiger partial charge in [-0.05, 0) is 79.8 Å². The minimum atomic E-state index is 1.18. The third-order valence-electron chi connectivity index (χ3n) is 9.38. The summed E-state index contributed by atoms with van der Waals surface area (Å²) >= 11 is 1.90. The molecule has 10 aromatic rings. The fourth-order valence-corrected chi connectivity index (χ4v) is 8.66. The number of benzene rings is 8. The highest BCUT2D eigenvalue weighted by molar-refractivity contribution is 7.26. The first-order chi connectivity index (χ1) is 21.8. The summed E-state index contributed by atoms with van der Waals surface area (Å²) in [6, 6.07) is 55.8. The van der Waals surface area contributed by atoms with E-state index in [-0.39, 0.29) is 0 Å². The molecule has 2 aromatic heterocycles. The summed E-state index contributed by atoms with van der Waals surface area (Å²) in [6.45, 7) is 0. The fourth-order valence-electron chi connectivity index (χ4n) is 7.40. The highest BCUT2D eigenvalue weighted by Crippen LogP contribution is 2.43. The number of thiophene rings is 1. The van der Waals surface area contributed by atoms with E-state index >= 15 is 0 Å². The minimum Gasteiger partial charge on any atom is -0.309 e. The van der Waals surface area contributed by atoms with Crippen molar-refractivity contribution in [1.82, 2.24) is 4.57 Å². The Morgan fingerprint density at radius 2 is 0.909 bits per heavy atom. The molecule has 204 valence electrons. The third-order valence-corrected chi connectivity index (χ3v) is 10.6. The zero-order chi connectivity index (χ0) is 28.8. The third kappa shape index (κ3) is 3.29. The lowest BCUT2D eigenvalue weighted by atomic mass is 9.92. The molecular weight excluding hydrogens is 551 g/mol. The average molecular weight is 576 g/mol. The van der Waals surface area contributed by atoms with Crippen molar-refractivity contribution in [3.63, 3.8) is 0 Å². The van der Waals surface area contributed by atoms with Gasteiger partial charge in [-0.1, -0.05) is 115 Å². The van der Waals surface area contributed by atoms with E-state index in [1.54, 1.807) is 0 Å². The van der Waals surface area contributed by atoms with Crippen molar-refractivity contribution in [2.75, 3.05) is 0 Å². The molecule has 0 bridgehead atoms. The second-order valence-electron chi connectivity index (χ2n) is 11.7. The standard InChI is InChI=1S/C42H25NS/c1-2-11-31-29(9-1)30-10-3-4-12-32(30)37-25-27(19-22-33(31)37)26-17-20-28(21-18-26)43-38-15-7-5-14-36(38)41-39(43)24-23-35-34-13-6-8-16-40(34)44-42(35)41/h1-25H. The normalized spacial score (nSPS) is 12.1. The van der Waals surface area contributed by atoms with Gasteiger partial charge in [-0.3, -0.25) is 0 Å². The lowest BCUT2D eigenvalue weighted by molar-refractivity contribution is 1.18. The van der Waals surface area contributed by atoms with Gasteiger partial charge in [-0.25, -0.2) is 0 Å². The Morgan fingerprint density at radius 3 is 1.64 bits per heavy atom. The molecule has 44 heavy (non-hydrogen) atoms. The number of fused-ring (bicyclic) bond motifs is 13. The second-order valence-corrected chi connectivity index (χ2v) is 12.7. The maximum Gasteiger partial charge on any atom is 0.0555 e. The topological polar surface area (TPSA) is 4.93 Å². The van der Waals surface area contributed by atoms with E-state index in [1.807, 2.05) is 11.3 Å². The van der Waals surface area contributed by atoms with E-state index in [4.69, 9.17) is 0 Å². The molecule has 0 aliphatic heterocycles. The quantitative estimate of drug-likeness (QED) is 0.181. The van der Waals surface area contributed by atoms with Gasteiger partial charge >= 0.3 is 0 Å². The average Bonchev–Trinajstić information content (AvgIpc) is 3.64. The van der Waals surface area contributed by atoms with Crippen LogP contribution in [0.1, 0.15) is 0 Å². The van der Waals surface area contributed by atoms with Crippen molar-refractivity contribution in [3.05, 3.63) is 152 Å². The maximum absolute atomic E-state index is 2.43. The van der Waals surface area contributed by atoms with Crippen LogP contribution in [0, 0.1) is 0 Å². The first kappa shape index (κ1) is 24.0. The number of nitrogens with zero attached hydrogens (tertiary/aromatic N) is 1. The van der Waals surface area contributed by atoms with Crippen molar-refractivity contribution in [2.45, 2.75) is 0 Å². The van der Waals surface area contributed by atoms with Crippen LogP contribution in [0.15, 0.2) is 152 Å². The van der Waals surface area contributed by atoms with E-state index < -0.39 is 0 Å². The Labute approximate surface area is 257 Å². The van der Waals surface area contributed by atoms with Crippen LogP contribution in [0.25, 0.3) is 91.1 Å². The summed E-state index contributed by atoms with van der Waals surface area (Å²) in [5.41, 5.74) is 6.13. The molecule has 0 aliphatic rings. The van der Waals surface area contributed by atoms with Gasteiger partial charge in [0.25, 0.3) is 0 Å². The summed E-state index contributed by atoms with van der Waals surface area (Å²) in [5.74, 6) is 0. The summed E-state index contributed by atoms with van der Waals surface area (Å²) in [6.07, 6.45) is 0. The van der Waals surface area contributed by atoms with Crippen LogP contribution < -0.4 is 0 Å². The van der Waals surface area contributed by atoms with Crippen LogP contribution in [0.2, 0.25) is 0 Å². The molecule has 0 N–H and O–H groups in total. The number of aromatic nitrogens is 1. The molecule has 2 heterocycles. The van der Waals surface area contributed by atoms with Crippen molar-refractivity contribution < 1.29 is 0 Å². The Bertz CT molecular complexity index is 2720. The Kier molecular flexibility index (Phi) is 4.94. The van der Waals surface area contributed by atoms with Crippen LogP contribution in [0.4, 0.5) is 0 Å². The van der Waals surface area contributed by atoms with Gasteiger partial charge in [0.1, 0.15) is 0 Å². The van der Waals surface area contributed by atoms with Crippen LogP contribution >= 0.6 is 11.3 Å². The summed E-state index contributed by atoms with van der Waals surface area (Å²) in [5, 5.41) is 13.2. The molecule has 10 rings (SSSR count). The monoisotopic (exact) mass is 575 g/mol. The van der Waals surface area contributed by atoms with E-state index in [9.17, 15) is 0 Å². The van der Waals surface area contributed by atoms with Crippen molar-refractivity contribution >= 4 is 85.6 Å². The van der Waals surface area contributed by atoms with Gasteiger partial charge in [-0.15, -0.1) is 11.3 Å². The van der Waals surface area contributed by atoms with Gasteiger partial charge in [0.05, 0.1) is 11.0 Å². The zero-order valence-corrected chi connectivity index (χ0v) is 24.6. The molecular formula is C42H25NS. The predicted molar refractivity (Wildman–Crippen MR) is 192 cm³/mol. The largest absolute Gasteiger partial charge is 0.309 e.